The molecule has 1 unspecified atom stereocenters. The molecule has 4 heteroatoms. The van der Waals surface area contributed by atoms with Crippen LogP contribution in [0.1, 0.15) is 33.6 Å². The summed E-state index contributed by atoms with van der Waals surface area (Å²) >= 11 is 3.41. The minimum atomic E-state index is -0.236. The zero-order valence-electron chi connectivity index (χ0n) is 11.2. The third kappa shape index (κ3) is 4.69. The number of halogens is 1. The average Bonchev–Trinajstić information content (AvgIpc) is 2.35. The average molecular weight is 313 g/mol. The number of nitrogens with one attached hydrogen (secondary N) is 2. The number of benzene rings is 1. The minimum absolute atomic E-state index is 0.0451. The SMILES string of the molecule is CCC(CC)NC(=O)C(C)Nc1cccc(Br)c1. The van der Waals surface area contributed by atoms with Crippen molar-refractivity contribution in [3.05, 3.63) is 28.7 Å². The van der Waals surface area contributed by atoms with Crippen LogP contribution in [0.3, 0.4) is 0 Å². The molecule has 0 spiro atoms. The van der Waals surface area contributed by atoms with Gasteiger partial charge in [-0.25, -0.2) is 0 Å². The lowest BCUT2D eigenvalue weighted by Gasteiger charge is -2.20. The lowest BCUT2D eigenvalue weighted by atomic mass is 10.1. The molecule has 1 atom stereocenters. The third-order valence-corrected chi connectivity index (χ3v) is 3.43. The molecule has 1 rings (SSSR count). The second-order valence-electron chi connectivity index (χ2n) is 4.40. The Morgan fingerprint density at radius 3 is 2.56 bits per heavy atom. The van der Waals surface area contributed by atoms with E-state index in [1.807, 2.05) is 31.2 Å². The normalized spacial score (nSPS) is 12.3. The van der Waals surface area contributed by atoms with Crippen LogP contribution >= 0.6 is 15.9 Å². The molecule has 0 aliphatic heterocycles. The van der Waals surface area contributed by atoms with Crippen molar-refractivity contribution in [1.29, 1.82) is 0 Å². The summed E-state index contributed by atoms with van der Waals surface area (Å²) in [4.78, 5) is 12.0. The van der Waals surface area contributed by atoms with Crippen LogP contribution in [0, 0.1) is 0 Å². The van der Waals surface area contributed by atoms with Crippen LogP contribution in [0.25, 0.3) is 0 Å². The van der Waals surface area contributed by atoms with Crippen LogP contribution < -0.4 is 10.6 Å². The standard InChI is InChI=1S/C14H21BrN2O/c1-4-12(5-2)17-14(18)10(3)16-13-8-6-7-11(15)9-13/h6-10,12,16H,4-5H2,1-3H3,(H,17,18). The van der Waals surface area contributed by atoms with E-state index in [1.54, 1.807) is 0 Å². The molecule has 1 aromatic carbocycles. The first-order valence-electron chi connectivity index (χ1n) is 6.39. The maximum absolute atomic E-state index is 12.0. The van der Waals surface area contributed by atoms with Crippen molar-refractivity contribution in [3.8, 4) is 0 Å². The lowest BCUT2D eigenvalue weighted by Crippen LogP contribution is -2.42. The highest BCUT2D eigenvalue weighted by atomic mass is 79.9. The molecule has 2 N–H and O–H groups in total. The summed E-state index contributed by atoms with van der Waals surface area (Å²) in [6.07, 6.45) is 1.93. The maximum Gasteiger partial charge on any atom is 0.242 e. The van der Waals surface area contributed by atoms with Crippen molar-refractivity contribution in [1.82, 2.24) is 5.32 Å². The van der Waals surface area contributed by atoms with Crippen molar-refractivity contribution in [2.45, 2.75) is 45.7 Å². The summed E-state index contributed by atoms with van der Waals surface area (Å²) < 4.78 is 1.00. The fourth-order valence-electron chi connectivity index (χ4n) is 1.71. The molecule has 0 aromatic heterocycles. The highest BCUT2D eigenvalue weighted by molar-refractivity contribution is 9.10. The largest absolute Gasteiger partial charge is 0.374 e. The highest BCUT2D eigenvalue weighted by Gasteiger charge is 2.15. The summed E-state index contributed by atoms with van der Waals surface area (Å²) in [5.74, 6) is 0.0451. The minimum Gasteiger partial charge on any atom is -0.374 e. The van der Waals surface area contributed by atoms with Gasteiger partial charge in [-0.3, -0.25) is 4.79 Å². The van der Waals surface area contributed by atoms with Crippen LogP contribution in [0.4, 0.5) is 5.69 Å². The van der Waals surface area contributed by atoms with Gasteiger partial charge in [0.15, 0.2) is 0 Å². The fourth-order valence-corrected chi connectivity index (χ4v) is 2.11. The van der Waals surface area contributed by atoms with Gasteiger partial charge >= 0.3 is 0 Å². The number of carbonyl (C=O) groups excluding carboxylic acids is 1. The van der Waals surface area contributed by atoms with E-state index in [1.165, 1.54) is 0 Å². The van der Waals surface area contributed by atoms with Crippen molar-refractivity contribution in [2.24, 2.45) is 0 Å². The summed E-state index contributed by atoms with van der Waals surface area (Å²) in [6, 6.07) is 7.84. The van der Waals surface area contributed by atoms with Crippen LogP contribution in [-0.4, -0.2) is 18.0 Å². The first-order chi connectivity index (χ1) is 8.56. The molecule has 1 aromatic rings. The first kappa shape index (κ1) is 15.0. The van der Waals surface area contributed by atoms with E-state index in [0.717, 1.165) is 23.0 Å². The second-order valence-corrected chi connectivity index (χ2v) is 5.31. The number of amides is 1. The van der Waals surface area contributed by atoms with Crippen LogP contribution in [0.5, 0.6) is 0 Å². The molecule has 0 fully saturated rings. The van der Waals surface area contributed by atoms with E-state index in [2.05, 4.69) is 40.4 Å². The van der Waals surface area contributed by atoms with Crippen molar-refractivity contribution >= 4 is 27.5 Å². The topological polar surface area (TPSA) is 41.1 Å². The van der Waals surface area contributed by atoms with Gasteiger partial charge in [0.25, 0.3) is 0 Å². The Morgan fingerprint density at radius 2 is 2.00 bits per heavy atom. The lowest BCUT2D eigenvalue weighted by molar-refractivity contribution is -0.122. The Kier molecular flexibility index (Phi) is 6.19. The number of rotatable bonds is 6. The quantitative estimate of drug-likeness (QED) is 0.843. The molecule has 0 heterocycles. The van der Waals surface area contributed by atoms with E-state index in [-0.39, 0.29) is 18.0 Å². The van der Waals surface area contributed by atoms with Gasteiger partial charge in [-0.05, 0) is 38.0 Å². The number of anilines is 1. The molecule has 3 nitrogen and oxygen atoms in total. The van der Waals surface area contributed by atoms with Gasteiger partial charge in [-0.2, -0.15) is 0 Å². The van der Waals surface area contributed by atoms with Crippen LogP contribution in [-0.2, 0) is 4.79 Å². The molecular formula is C14H21BrN2O. The summed E-state index contributed by atoms with van der Waals surface area (Å²) in [7, 11) is 0. The maximum atomic E-state index is 12.0. The van der Waals surface area contributed by atoms with E-state index in [9.17, 15) is 4.79 Å². The number of carbonyl (C=O) groups is 1. The number of hydrogen-bond acceptors (Lipinski definition) is 2. The molecule has 0 saturated heterocycles. The number of hydrogen-bond donors (Lipinski definition) is 2. The Hall–Kier alpha value is -1.03. The van der Waals surface area contributed by atoms with Crippen molar-refractivity contribution in [3.63, 3.8) is 0 Å². The molecule has 0 bridgehead atoms. The molecule has 100 valence electrons. The Labute approximate surface area is 117 Å². The molecular weight excluding hydrogens is 292 g/mol. The molecule has 18 heavy (non-hydrogen) atoms. The molecule has 0 aliphatic rings. The van der Waals surface area contributed by atoms with Gasteiger partial charge in [0.05, 0.1) is 0 Å². The smallest absolute Gasteiger partial charge is 0.242 e. The molecule has 0 aliphatic carbocycles. The van der Waals surface area contributed by atoms with Gasteiger partial charge in [0.2, 0.25) is 5.91 Å². The Balaban J connectivity index is 2.54. The Morgan fingerprint density at radius 1 is 1.33 bits per heavy atom. The van der Waals surface area contributed by atoms with Crippen molar-refractivity contribution < 1.29 is 4.79 Å². The van der Waals surface area contributed by atoms with Crippen molar-refractivity contribution in [2.75, 3.05) is 5.32 Å². The van der Waals surface area contributed by atoms with E-state index < -0.39 is 0 Å². The Bertz CT molecular complexity index is 391. The molecule has 1 amide bonds. The van der Waals surface area contributed by atoms with E-state index in [4.69, 9.17) is 0 Å². The predicted octanol–water partition coefficient (Wildman–Crippen LogP) is 3.55. The summed E-state index contributed by atoms with van der Waals surface area (Å²) in [5.41, 5.74) is 0.941. The van der Waals surface area contributed by atoms with Gasteiger partial charge in [0, 0.05) is 16.2 Å². The van der Waals surface area contributed by atoms with Crippen LogP contribution in [0.15, 0.2) is 28.7 Å². The summed E-state index contributed by atoms with van der Waals surface area (Å²) in [6.45, 7) is 6.04. The van der Waals surface area contributed by atoms with Crippen LogP contribution in [0.2, 0.25) is 0 Å². The van der Waals surface area contributed by atoms with Gasteiger partial charge < -0.3 is 10.6 Å². The van der Waals surface area contributed by atoms with Gasteiger partial charge in [-0.1, -0.05) is 35.8 Å². The highest BCUT2D eigenvalue weighted by Crippen LogP contribution is 2.16. The summed E-state index contributed by atoms with van der Waals surface area (Å²) in [5, 5.41) is 6.23. The van der Waals surface area contributed by atoms with Gasteiger partial charge in [-0.15, -0.1) is 0 Å². The second kappa shape index (κ2) is 7.41. The fraction of sp³-hybridized carbons (Fsp3) is 0.500. The van der Waals surface area contributed by atoms with E-state index >= 15 is 0 Å². The third-order valence-electron chi connectivity index (χ3n) is 2.93. The predicted molar refractivity (Wildman–Crippen MR) is 79.7 cm³/mol. The first-order valence-corrected chi connectivity index (χ1v) is 7.18. The molecule has 0 radical (unpaired) electrons. The monoisotopic (exact) mass is 312 g/mol. The zero-order valence-corrected chi connectivity index (χ0v) is 12.8. The molecule has 0 saturated carbocycles. The van der Waals surface area contributed by atoms with Gasteiger partial charge in [0.1, 0.15) is 6.04 Å². The zero-order chi connectivity index (χ0) is 13.5. The van der Waals surface area contributed by atoms with E-state index in [0.29, 0.717) is 0 Å².